The molecule has 2 aliphatic heterocycles. The fourth-order valence-corrected chi connectivity index (χ4v) is 4.07. The average molecular weight is 354 g/mol. The quantitative estimate of drug-likeness (QED) is 0.845. The van der Waals surface area contributed by atoms with Crippen molar-refractivity contribution in [1.82, 2.24) is 19.4 Å². The van der Waals surface area contributed by atoms with Crippen molar-refractivity contribution in [3.63, 3.8) is 0 Å². The summed E-state index contributed by atoms with van der Waals surface area (Å²) in [6.45, 7) is 6.26. The Morgan fingerprint density at radius 2 is 2.08 bits per heavy atom. The van der Waals surface area contributed by atoms with Crippen molar-refractivity contribution in [3.8, 4) is 5.69 Å². The SMILES string of the molecule is CCC[C@H]1COC[C@H]2CN(C(=O)c3ccc(-n4ccnc4)cc3)CCN12. The number of aromatic nitrogens is 2. The maximum absolute atomic E-state index is 12.9. The van der Waals surface area contributed by atoms with E-state index in [1.54, 1.807) is 12.5 Å². The van der Waals surface area contributed by atoms with E-state index in [2.05, 4.69) is 16.8 Å². The number of nitrogens with zero attached hydrogens (tertiary/aromatic N) is 4. The number of benzene rings is 1. The number of imidazole rings is 1. The van der Waals surface area contributed by atoms with Crippen LogP contribution in [0.5, 0.6) is 0 Å². The van der Waals surface area contributed by atoms with E-state index in [1.807, 2.05) is 39.9 Å². The monoisotopic (exact) mass is 354 g/mol. The molecule has 2 aromatic rings. The summed E-state index contributed by atoms with van der Waals surface area (Å²) in [5.74, 6) is 0.111. The Bertz CT molecular complexity index is 727. The van der Waals surface area contributed by atoms with Crippen LogP contribution in [-0.2, 0) is 4.74 Å². The number of hydrogen-bond donors (Lipinski definition) is 0. The van der Waals surface area contributed by atoms with E-state index in [0.29, 0.717) is 12.1 Å². The van der Waals surface area contributed by atoms with Crippen LogP contribution in [0, 0.1) is 0 Å². The van der Waals surface area contributed by atoms with E-state index >= 15 is 0 Å². The van der Waals surface area contributed by atoms with Crippen molar-refractivity contribution < 1.29 is 9.53 Å². The highest BCUT2D eigenvalue weighted by Gasteiger charge is 2.36. The van der Waals surface area contributed by atoms with Crippen molar-refractivity contribution >= 4 is 5.91 Å². The van der Waals surface area contributed by atoms with Gasteiger partial charge in [-0.15, -0.1) is 0 Å². The van der Waals surface area contributed by atoms with Gasteiger partial charge in [0.15, 0.2) is 0 Å². The zero-order valence-electron chi connectivity index (χ0n) is 15.3. The third-order valence-electron chi connectivity index (χ3n) is 5.44. The van der Waals surface area contributed by atoms with Gasteiger partial charge in [-0.25, -0.2) is 4.98 Å². The predicted octanol–water partition coefficient (Wildman–Crippen LogP) is 2.20. The summed E-state index contributed by atoms with van der Waals surface area (Å²) >= 11 is 0. The normalized spacial score (nSPS) is 23.7. The van der Waals surface area contributed by atoms with Crippen molar-refractivity contribution in [2.45, 2.75) is 31.8 Å². The van der Waals surface area contributed by atoms with Gasteiger partial charge in [0.1, 0.15) is 0 Å². The lowest BCUT2D eigenvalue weighted by atomic mass is 10.0. The molecule has 0 bridgehead atoms. The second-order valence-electron chi connectivity index (χ2n) is 7.14. The van der Waals surface area contributed by atoms with Crippen molar-refractivity contribution in [2.75, 3.05) is 32.8 Å². The summed E-state index contributed by atoms with van der Waals surface area (Å²) in [6.07, 6.45) is 7.73. The van der Waals surface area contributed by atoms with Gasteiger partial charge in [-0.3, -0.25) is 9.69 Å². The summed E-state index contributed by atoms with van der Waals surface area (Å²) in [4.78, 5) is 21.5. The van der Waals surface area contributed by atoms with Crippen LogP contribution in [-0.4, -0.2) is 70.2 Å². The Hall–Kier alpha value is -2.18. The molecular weight excluding hydrogens is 328 g/mol. The Balaban J connectivity index is 1.43. The van der Waals surface area contributed by atoms with Gasteiger partial charge in [0.25, 0.3) is 5.91 Å². The largest absolute Gasteiger partial charge is 0.378 e. The molecule has 0 radical (unpaired) electrons. The van der Waals surface area contributed by atoms with Crippen LogP contribution in [0.15, 0.2) is 43.0 Å². The molecule has 6 nitrogen and oxygen atoms in total. The maximum atomic E-state index is 12.9. The second kappa shape index (κ2) is 7.60. The first-order valence-corrected chi connectivity index (χ1v) is 9.47. The van der Waals surface area contributed by atoms with Gasteiger partial charge in [0, 0.05) is 49.3 Å². The lowest BCUT2D eigenvalue weighted by Crippen LogP contribution is -2.62. The van der Waals surface area contributed by atoms with E-state index in [0.717, 1.165) is 44.1 Å². The molecule has 1 aromatic heterocycles. The van der Waals surface area contributed by atoms with Gasteiger partial charge in [0.05, 0.1) is 25.6 Å². The molecular formula is C20H26N4O2. The summed E-state index contributed by atoms with van der Waals surface area (Å²) < 4.78 is 7.74. The molecule has 4 rings (SSSR count). The molecule has 2 atom stereocenters. The van der Waals surface area contributed by atoms with E-state index in [1.165, 1.54) is 12.8 Å². The molecule has 6 heteroatoms. The molecule has 0 spiro atoms. The van der Waals surface area contributed by atoms with Crippen LogP contribution >= 0.6 is 0 Å². The molecule has 0 N–H and O–H groups in total. The van der Waals surface area contributed by atoms with Crippen molar-refractivity contribution in [1.29, 1.82) is 0 Å². The number of fused-ring (bicyclic) bond motifs is 1. The molecule has 0 aliphatic carbocycles. The predicted molar refractivity (Wildman–Crippen MR) is 99.5 cm³/mol. The van der Waals surface area contributed by atoms with Gasteiger partial charge in [-0.1, -0.05) is 13.3 Å². The van der Waals surface area contributed by atoms with Crippen LogP contribution in [0.4, 0.5) is 0 Å². The van der Waals surface area contributed by atoms with Crippen LogP contribution < -0.4 is 0 Å². The summed E-state index contributed by atoms with van der Waals surface area (Å²) in [7, 11) is 0. The zero-order valence-corrected chi connectivity index (χ0v) is 15.3. The minimum Gasteiger partial charge on any atom is -0.378 e. The van der Waals surface area contributed by atoms with E-state index in [9.17, 15) is 4.79 Å². The topological polar surface area (TPSA) is 50.6 Å². The fraction of sp³-hybridized carbons (Fsp3) is 0.500. The number of morpholine rings is 1. The van der Waals surface area contributed by atoms with E-state index in [4.69, 9.17) is 4.74 Å². The second-order valence-corrected chi connectivity index (χ2v) is 7.14. The van der Waals surface area contributed by atoms with E-state index in [-0.39, 0.29) is 5.91 Å². The average Bonchev–Trinajstić information content (AvgIpc) is 3.22. The molecule has 3 heterocycles. The third kappa shape index (κ3) is 3.39. The molecule has 2 fully saturated rings. The van der Waals surface area contributed by atoms with Gasteiger partial charge in [0.2, 0.25) is 0 Å². The number of carbonyl (C=O) groups is 1. The lowest BCUT2D eigenvalue weighted by molar-refractivity contribution is -0.0776. The molecule has 1 aromatic carbocycles. The van der Waals surface area contributed by atoms with Crippen LogP contribution in [0.3, 0.4) is 0 Å². The molecule has 2 saturated heterocycles. The highest BCUT2D eigenvalue weighted by Crippen LogP contribution is 2.22. The number of hydrogen-bond acceptors (Lipinski definition) is 4. The van der Waals surface area contributed by atoms with Gasteiger partial charge < -0.3 is 14.2 Å². The fourth-order valence-electron chi connectivity index (χ4n) is 4.07. The Morgan fingerprint density at radius 1 is 1.23 bits per heavy atom. The highest BCUT2D eigenvalue weighted by atomic mass is 16.5. The van der Waals surface area contributed by atoms with Crippen molar-refractivity contribution in [2.24, 2.45) is 0 Å². The summed E-state index contributed by atoms with van der Waals surface area (Å²) in [5, 5.41) is 0. The summed E-state index contributed by atoms with van der Waals surface area (Å²) in [6, 6.07) is 8.56. The smallest absolute Gasteiger partial charge is 0.253 e. The minimum absolute atomic E-state index is 0.111. The molecule has 138 valence electrons. The molecule has 0 saturated carbocycles. The first-order chi connectivity index (χ1) is 12.8. The first kappa shape index (κ1) is 17.2. The molecule has 1 amide bonds. The third-order valence-corrected chi connectivity index (χ3v) is 5.44. The molecule has 0 unspecified atom stereocenters. The van der Waals surface area contributed by atoms with Crippen LogP contribution in [0.25, 0.3) is 5.69 Å². The number of piperazine rings is 1. The standard InChI is InChI=1S/C20H26N4O2/c1-2-3-18-13-26-14-19-12-22(10-11-24(18)19)20(25)16-4-6-17(7-5-16)23-9-8-21-15-23/h4-9,15,18-19H,2-3,10-14H2,1H3/t18-,19+/m0/s1. The summed E-state index contributed by atoms with van der Waals surface area (Å²) in [5.41, 5.74) is 1.75. The van der Waals surface area contributed by atoms with Gasteiger partial charge >= 0.3 is 0 Å². The number of amides is 1. The van der Waals surface area contributed by atoms with Gasteiger partial charge in [-0.2, -0.15) is 0 Å². The van der Waals surface area contributed by atoms with E-state index < -0.39 is 0 Å². The Morgan fingerprint density at radius 3 is 2.81 bits per heavy atom. The Labute approximate surface area is 154 Å². The van der Waals surface area contributed by atoms with Crippen LogP contribution in [0.1, 0.15) is 30.1 Å². The molecule has 2 aliphatic rings. The Kier molecular flexibility index (Phi) is 5.04. The number of carbonyl (C=O) groups excluding carboxylic acids is 1. The number of rotatable bonds is 4. The maximum Gasteiger partial charge on any atom is 0.253 e. The van der Waals surface area contributed by atoms with Crippen LogP contribution in [0.2, 0.25) is 0 Å². The number of ether oxygens (including phenoxy) is 1. The lowest BCUT2D eigenvalue weighted by Gasteiger charge is -2.48. The molecule has 26 heavy (non-hydrogen) atoms. The zero-order chi connectivity index (χ0) is 17.9. The van der Waals surface area contributed by atoms with Gasteiger partial charge in [-0.05, 0) is 30.7 Å². The highest BCUT2D eigenvalue weighted by molar-refractivity contribution is 5.94. The van der Waals surface area contributed by atoms with Crippen molar-refractivity contribution in [3.05, 3.63) is 48.5 Å². The minimum atomic E-state index is 0.111. The first-order valence-electron chi connectivity index (χ1n) is 9.47.